The Kier molecular flexibility index (Phi) is 5.19. The molecule has 0 aliphatic heterocycles. The molecule has 0 bridgehead atoms. The molecule has 0 aromatic heterocycles. The first-order valence-corrected chi connectivity index (χ1v) is 10.1. The van der Waals surface area contributed by atoms with E-state index in [0.29, 0.717) is 0 Å². The van der Waals surface area contributed by atoms with Crippen LogP contribution in [-0.4, -0.2) is 6.29 Å². The number of carbonyl (C=O) groups is 1. The summed E-state index contributed by atoms with van der Waals surface area (Å²) in [5.74, 6) is 0. The molecule has 0 heterocycles. The van der Waals surface area contributed by atoms with Crippen LogP contribution in [0.15, 0.2) is 60.7 Å². The zero-order valence-electron chi connectivity index (χ0n) is 16.3. The highest BCUT2D eigenvalue weighted by Crippen LogP contribution is 2.41. The first kappa shape index (κ1) is 18.7. The molecule has 0 atom stereocenters. The monoisotopic (exact) mass is 386 g/mol. The van der Waals surface area contributed by atoms with Gasteiger partial charge in [0, 0.05) is 10.6 Å². The Morgan fingerprint density at radius 1 is 0.857 bits per heavy atom. The number of fused-ring (bicyclic) bond motifs is 1. The molecule has 0 amide bonds. The van der Waals surface area contributed by atoms with E-state index in [4.69, 9.17) is 11.6 Å². The van der Waals surface area contributed by atoms with Gasteiger partial charge in [-0.05, 0) is 90.3 Å². The minimum absolute atomic E-state index is 0.744. The van der Waals surface area contributed by atoms with Crippen molar-refractivity contribution in [3.05, 3.63) is 105 Å². The summed E-state index contributed by atoms with van der Waals surface area (Å²) < 4.78 is 0. The van der Waals surface area contributed by atoms with Crippen molar-refractivity contribution in [2.75, 3.05) is 0 Å². The van der Waals surface area contributed by atoms with Crippen LogP contribution >= 0.6 is 11.6 Å². The number of hydrogen-bond acceptors (Lipinski definition) is 1. The lowest BCUT2D eigenvalue weighted by Gasteiger charge is -2.18. The van der Waals surface area contributed by atoms with Gasteiger partial charge in [0.2, 0.25) is 0 Å². The third-order valence-electron chi connectivity index (χ3n) is 5.56. The second-order valence-electron chi connectivity index (χ2n) is 7.57. The summed E-state index contributed by atoms with van der Waals surface area (Å²) in [6.45, 7) is 4.24. The van der Waals surface area contributed by atoms with Crippen molar-refractivity contribution in [1.82, 2.24) is 0 Å². The zero-order chi connectivity index (χ0) is 19.7. The summed E-state index contributed by atoms with van der Waals surface area (Å²) in [4.78, 5) is 11.3. The fourth-order valence-electron chi connectivity index (χ4n) is 4.17. The van der Waals surface area contributed by atoms with Crippen molar-refractivity contribution in [3.8, 4) is 0 Å². The van der Waals surface area contributed by atoms with Crippen LogP contribution < -0.4 is 0 Å². The zero-order valence-corrected chi connectivity index (χ0v) is 17.0. The molecule has 140 valence electrons. The summed E-state index contributed by atoms with van der Waals surface area (Å²) in [5.41, 5.74) is 10.8. The van der Waals surface area contributed by atoms with Gasteiger partial charge in [-0.25, -0.2) is 0 Å². The number of aldehydes is 1. The van der Waals surface area contributed by atoms with E-state index in [1.54, 1.807) is 0 Å². The van der Waals surface area contributed by atoms with Gasteiger partial charge in [-0.3, -0.25) is 4.79 Å². The highest BCUT2D eigenvalue weighted by Gasteiger charge is 2.21. The molecule has 3 aromatic carbocycles. The van der Waals surface area contributed by atoms with Crippen LogP contribution in [0, 0.1) is 13.8 Å². The molecular weight excluding hydrogens is 364 g/mol. The van der Waals surface area contributed by atoms with E-state index in [2.05, 4.69) is 50.2 Å². The van der Waals surface area contributed by atoms with Gasteiger partial charge < -0.3 is 0 Å². The van der Waals surface area contributed by atoms with Crippen molar-refractivity contribution in [3.63, 3.8) is 0 Å². The van der Waals surface area contributed by atoms with Gasteiger partial charge >= 0.3 is 0 Å². The fraction of sp³-hybridized carbons (Fsp3) is 0.192. The van der Waals surface area contributed by atoms with E-state index in [0.717, 1.165) is 36.1 Å². The van der Waals surface area contributed by atoms with Crippen LogP contribution in [0.5, 0.6) is 0 Å². The van der Waals surface area contributed by atoms with Crippen molar-refractivity contribution < 1.29 is 4.79 Å². The molecular formula is C26H23ClO. The minimum Gasteiger partial charge on any atom is -0.298 e. The average Bonchev–Trinajstić information content (AvgIpc) is 2.87. The number of rotatable bonds is 3. The molecule has 0 fully saturated rings. The van der Waals surface area contributed by atoms with E-state index >= 15 is 0 Å². The molecule has 4 rings (SSSR count). The van der Waals surface area contributed by atoms with E-state index in [1.165, 1.54) is 44.5 Å². The SMILES string of the molecule is Cc1ccc(C2=C(c3ccc(Cl)cc3C)CCCc3cc(C=O)ccc32)cc1. The highest BCUT2D eigenvalue weighted by atomic mass is 35.5. The standard InChI is InChI=1S/C26H23ClO/c1-17-6-9-20(10-7-17)26-24-12-8-19(16-28)15-21(24)4-3-5-25(26)23-13-11-22(27)14-18(23)2/h6-16H,3-5H2,1-2H3. The van der Waals surface area contributed by atoms with Crippen molar-refractivity contribution in [1.29, 1.82) is 0 Å². The number of halogens is 1. The molecule has 28 heavy (non-hydrogen) atoms. The molecule has 0 saturated carbocycles. The minimum atomic E-state index is 0.744. The third-order valence-corrected chi connectivity index (χ3v) is 5.80. The Morgan fingerprint density at radius 2 is 1.61 bits per heavy atom. The van der Waals surface area contributed by atoms with Crippen molar-refractivity contribution in [2.45, 2.75) is 33.1 Å². The van der Waals surface area contributed by atoms with Crippen LogP contribution in [0.4, 0.5) is 0 Å². The summed E-state index contributed by atoms with van der Waals surface area (Å²) in [6, 6.07) is 21.0. The molecule has 2 heteroatoms. The van der Waals surface area contributed by atoms with E-state index in [1.807, 2.05) is 24.3 Å². The Balaban J connectivity index is 2.02. The Labute approximate surface area is 171 Å². The van der Waals surface area contributed by atoms with E-state index in [9.17, 15) is 4.79 Å². The maximum absolute atomic E-state index is 11.3. The molecule has 3 aromatic rings. The number of aryl methyl sites for hydroxylation is 3. The predicted molar refractivity (Wildman–Crippen MR) is 118 cm³/mol. The molecule has 0 saturated heterocycles. The molecule has 1 aliphatic rings. The predicted octanol–water partition coefficient (Wildman–Crippen LogP) is 7.06. The van der Waals surface area contributed by atoms with Crippen LogP contribution in [-0.2, 0) is 6.42 Å². The first-order chi connectivity index (χ1) is 13.6. The van der Waals surface area contributed by atoms with E-state index < -0.39 is 0 Å². The second-order valence-corrected chi connectivity index (χ2v) is 8.00. The molecule has 0 N–H and O–H groups in total. The van der Waals surface area contributed by atoms with Crippen LogP contribution in [0.3, 0.4) is 0 Å². The number of carbonyl (C=O) groups excluding carboxylic acids is 1. The highest BCUT2D eigenvalue weighted by molar-refractivity contribution is 6.30. The Morgan fingerprint density at radius 3 is 2.32 bits per heavy atom. The lowest BCUT2D eigenvalue weighted by atomic mass is 9.86. The maximum Gasteiger partial charge on any atom is 0.150 e. The number of benzene rings is 3. The van der Waals surface area contributed by atoms with Gasteiger partial charge in [-0.2, -0.15) is 0 Å². The average molecular weight is 387 g/mol. The van der Waals surface area contributed by atoms with Gasteiger partial charge in [0.25, 0.3) is 0 Å². The Hall–Kier alpha value is -2.64. The molecule has 0 unspecified atom stereocenters. The lowest BCUT2D eigenvalue weighted by Crippen LogP contribution is -1.98. The smallest absolute Gasteiger partial charge is 0.150 e. The number of hydrogen-bond donors (Lipinski definition) is 0. The third kappa shape index (κ3) is 3.55. The van der Waals surface area contributed by atoms with E-state index in [-0.39, 0.29) is 0 Å². The van der Waals surface area contributed by atoms with Gasteiger partial charge in [0.1, 0.15) is 6.29 Å². The van der Waals surface area contributed by atoms with Gasteiger partial charge in [0.15, 0.2) is 0 Å². The molecule has 1 aliphatic carbocycles. The van der Waals surface area contributed by atoms with Crippen LogP contribution in [0.25, 0.3) is 11.1 Å². The topological polar surface area (TPSA) is 17.1 Å². The van der Waals surface area contributed by atoms with Crippen LogP contribution in [0.1, 0.15) is 56.6 Å². The van der Waals surface area contributed by atoms with Gasteiger partial charge in [-0.15, -0.1) is 0 Å². The van der Waals surface area contributed by atoms with Gasteiger partial charge in [-0.1, -0.05) is 59.6 Å². The quantitative estimate of drug-likeness (QED) is 0.440. The second kappa shape index (κ2) is 7.77. The van der Waals surface area contributed by atoms with Crippen molar-refractivity contribution >= 4 is 29.0 Å². The maximum atomic E-state index is 11.3. The summed E-state index contributed by atoms with van der Waals surface area (Å²) in [5, 5.41) is 0.767. The van der Waals surface area contributed by atoms with Crippen LogP contribution in [0.2, 0.25) is 5.02 Å². The molecule has 1 nitrogen and oxygen atoms in total. The Bertz CT molecular complexity index is 1070. The van der Waals surface area contributed by atoms with Crippen molar-refractivity contribution in [2.24, 2.45) is 0 Å². The normalized spacial score (nSPS) is 13.8. The summed E-state index contributed by atoms with van der Waals surface area (Å²) in [7, 11) is 0. The fourth-order valence-corrected chi connectivity index (χ4v) is 4.39. The molecule has 0 spiro atoms. The van der Waals surface area contributed by atoms with Gasteiger partial charge in [0.05, 0.1) is 0 Å². The first-order valence-electron chi connectivity index (χ1n) is 9.72. The lowest BCUT2D eigenvalue weighted by molar-refractivity contribution is 0.112. The summed E-state index contributed by atoms with van der Waals surface area (Å²) >= 11 is 6.22. The summed E-state index contributed by atoms with van der Waals surface area (Å²) in [6.07, 6.45) is 3.96. The number of allylic oxidation sites excluding steroid dienone is 1. The largest absolute Gasteiger partial charge is 0.298 e. The molecule has 0 radical (unpaired) electrons.